The Morgan fingerprint density at radius 2 is 1.74 bits per heavy atom. The summed E-state index contributed by atoms with van der Waals surface area (Å²) in [6, 6.07) is -2.36. The highest BCUT2D eigenvalue weighted by Gasteiger charge is 2.22. The number of amides is 2. The number of hydrogen-bond donors (Lipinski definition) is 6. The molecule has 156 valence electrons. The third kappa shape index (κ3) is 14.2. The summed E-state index contributed by atoms with van der Waals surface area (Å²) in [4.78, 5) is 45.0. The number of carbonyl (C=O) groups is 4. The van der Waals surface area contributed by atoms with E-state index in [9.17, 15) is 27.6 Å². The molecule has 0 aliphatic rings. The average molecular weight is 448 g/mol. The van der Waals surface area contributed by atoms with Crippen molar-refractivity contribution >= 4 is 55.5 Å². The fourth-order valence-corrected chi connectivity index (χ4v) is 4.82. The van der Waals surface area contributed by atoms with Gasteiger partial charge >= 0.3 is 11.9 Å². The van der Waals surface area contributed by atoms with Crippen LogP contribution in [0.4, 0.5) is 0 Å². The number of carboxylic acid groups (broad SMARTS) is 2. The van der Waals surface area contributed by atoms with E-state index in [1.807, 2.05) is 0 Å². The number of nitrogens with one attached hydrogen (secondary N) is 2. The zero-order valence-electron chi connectivity index (χ0n) is 14.0. The van der Waals surface area contributed by atoms with Crippen LogP contribution in [0.1, 0.15) is 12.8 Å². The second-order valence-electron chi connectivity index (χ2n) is 5.11. The number of carbonyl (C=O) groups excluding carboxylic acids is 2. The topological polar surface area (TPSA) is 213 Å². The minimum atomic E-state index is -4.11. The van der Waals surface area contributed by atoms with Gasteiger partial charge in [0.05, 0.1) is 5.75 Å². The molecule has 0 spiro atoms. The molecule has 0 aromatic heterocycles. The highest BCUT2D eigenvalue weighted by atomic mass is 33.1. The molecule has 1 unspecified atom stereocenters. The summed E-state index contributed by atoms with van der Waals surface area (Å²) in [5.74, 6) is -4.44. The van der Waals surface area contributed by atoms with Gasteiger partial charge < -0.3 is 26.6 Å². The summed E-state index contributed by atoms with van der Waals surface area (Å²) in [5.41, 5.74) is 5.28. The van der Waals surface area contributed by atoms with Crippen LogP contribution in [0.5, 0.6) is 0 Å². The van der Waals surface area contributed by atoms with Crippen LogP contribution in [-0.2, 0) is 29.3 Å². The van der Waals surface area contributed by atoms with E-state index in [2.05, 4.69) is 10.6 Å². The van der Waals surface area contributed by atoms with Crippen molar-refractivity contribution in [1.29, 1.82) is 0 Å². The Morgan fingerprint density at radius 3 is 2.26 bits per heavy atom. The van der Waals surface area contributed by atoms with Crippen LogP contribution < -0.4 is 16.4 Å². The fourth-order valence-electron chi connectivity index (χ4n) is 1.46. The largest absolute Gasteiger partial charge is 0.480 e. The molecule has 0 aliphatic heterocycles. The molecule has 0 bridgehead atoms. The van der Waals surface area contributed by atoms with E-state index in [1.54, 1.807) is 0 Å². The zero-order valence-corrected chi connectivity index (χ0v) is 16.4. The second-order valence-corrected chi connectivity index (χ2v) is 9.31. The highest BCUT2D eigenvalue weighted by Crippen LogP contribution is 2.22. The number of nitrogens with two attached hydrogens (primary N) is 1. The standard InChI is InChI=1S/C12H21N3O9S3/c13-7(12(20)21)1-2-9(16)15-8(11(19)14-5-10(17)18)6-26-25-3-4-27(22,23)24/h7-8H,1-6,13H2,(H,14,19)(H,15,16)(H,17,18)(H,20,21)(H,22,23,24)/t7?,8-/m0/s1. The molecule has 0 saturated heterocycles. The molecule has 0 aliphatic carbocycles. The monoisotopic (exact) mass is 447 g/mol. The molecule has 0 radical (unpaired) electrons. The van der Waals surface area contributed by atoms with Crippen molar-refractivity contribution in [2.45, 2.75) is 24.9 Å². The van der Waals surface area contributed by atoms with Gasteiger partial charge in [0.2, 0.25) is 11.8 Å². The van der Waals surface area contributed by atoms with Crippen LogP contribution in [-0.4, -0.2) is 82.8 Å². The Kier molecular flexibility index (Phi) is 12.0. The lowest BCUT2D eigenvalue weighted by molar-refractivity contribution is -0.139. The normalized spacial score (nSPS) is 13.4. The predicted octanol–water partition coefficient (Wildman–Crippen LogP) is -1.87. The van der Waals surface area contributed by atoms with Crippen molar-refractivity contribution in [3.05, 3.63) is 0 Å². The molecule has 15 heteroatoms. The van der Waals surface area contributed by atoms with Crippen molar-refractivity contribution in [1.82, 2.24) is 10.6 Å². The first-order chi connectivity index (χ1) is 12.4. The van der Waals surface area contributed by atoms with Crippen molar-refractivity contribution in [2.75, 3.05) is 23.8 Å². The van der Waals surface area contributed by atoms with E-state index in [0.29, 0.717) is 0 Å². The van der Waals surface area contributed by atoms with E-state index in [4.69, 9.17) is 20.5 Å². The minimum absolute atomic E-state index is 0.0156. The Morgan fingerprint density at radius 1 is 1.11 bits per heavy atom. The van der Waals surface area contributed by atoms with E-state index in [0.717, 1.165) is 21.6 Å². The van der Waals surface area contributed by atoms with Gasteiger partial charge in [-0.3, -0.25) is 23.7 Å². The summed E-state index contributed by atoms with van der Waals surface area (Å²) >= 11 is 0. The first-order valence-corrected chi connectivity index (χ1v) is 11.5. The van der Waals surface area contributed by atoms with Gasteiger partial charge in [0, 0.05) is 17.9 Å². The van der Waals surface area contributed by atoms with Gasteiger partial charge in [-0.1, -0.05) is 21.6 Å². The lowest BCUT2D eigenvalue weighted by Gasteiger charge is -2.18. The molecule has 0 rings (SSSR count). The molecule has 2 amide bonds. The second kappa shape index (κ2) is 12.8. The number of rotatable bonds is 14. The number of carboxylic acids is 2. The van der Waals surface area contributed by atoms with E-state index in [-0.39, 0.29) is 24.3 Å². The Balaban J connectivity index is 4.58. The highest BCUT2D eigenvalue weighted by molar-refractivity contribution is 8.76. The van der Waals surface area contributed by atoms with Gasteiger partial charge in [0.15, 0.2) is 0 Å². The van der Waals surface area contributed by atoms with Gasteiger partial charge in [0.25, 0.3) is 10.1 Å². The molecule has 7 N–H and O–H groups in total. The van der Waals surface area contributed by atoms with E-state index >= 15 is 0 Å². The quantitative estimate of drug-likeness (QED) is 0.0981. The lowest BCUT2D eigenvalue weighted by atomic mass is 10.1. The van der Waals surface area contributed by atoms with Crippen LogP contribution in [0.25, 0.3) is 0 Å². The van der Waals surface area contributed by atoms with Crippen LogP contribution in [0, 0.1) is 0 Å². The Labute approximate surface area is 163 Å². The maximum absolute atomic E-state index is 12.0. The fraction of sp³-hybridized carbons (Fsp3) is 0.667. The van der Waals surface area contributed by atoms with Gasteiger partial charge in [-0.15, -0.1) is 0 Å². The average Bonchev–Trinajstić information content (AvgIpc) is 2.54. The molecule has 27 heavy (non-hydrogen) atoms. The molecule has 0 fully saturated rings. The first kappa shape index (κ1) is 25.4. The Hall–Kier alpha value is -1.55. The van der Waals surface area contributed by atoms with Gasteiger partial charge in [-0.2, -0.15) is 8.42 Å². The summed E-state index contributed by atoms with van der Waals surface area (Å²) in [7, 11) is -2.04. The summed E-state index contributed by atoms with van der Waals surface area (Å²) in [6.45, 7) is -0.657. The molecule has 2 atom stereocenters. The summed E-state index contributed by atoms with van der Waals surface area (Å²) < 4.78 is 29.8. The first-order valence-electron chi connectivity index (χ1n) is 7.39. The van der Waals surface area contributed by atoms with Crippen LogP contribution in [0.2, 0.25) is 0 Å². The zero-order chi connectivity index (χ0) is 21.0. The molecular weight excluding hydrogens is 426 g/mol. The van der Waals surface area contributed by atoms with Crippen molar-refractivity contribution < 1.29 is 42.4 Å². The van der Waals surface area contributed by atoms with Crippen molar-refractivity contribution in [3.8, 4) is 0 Å². The Bertz CT molecular complexity index is 641. The van der Waals surface area contributed by atoms with Gasteiger partial charge in [0.1, 0.15) is 18.6 Å². The predicted molar refractivity (Wildman–Crippen MR) is 98.8 cm³/mol. The smallest absolute Gasteiger partial charge is 0.322 e. The third-order valence-corrected chi connectivity index (χ3v) is 6.20. The molecule has 0 saturated carbocycles. The van der Waals surface area contributed by atoms with Crippen molar-refractivity contribution in [3.63, 3.8) is 0 Å². The summed E-state index contributed by atoms with van der Waals surface area (Å²) in [5, 5.41) is 21.7. The molecule has 0 heterocycles. The summed E-state index contributed by atoms with van der Waals surface area (Å²) in [6.07, 6.45) is -0.405. The van der Waals surface area contributed by atoms with Gasteiger partial charge in [-0.05, 0) is 6.42 Å². The number of hydrogen-bond acceptors (Lipinski definition) is 9. The minimum Gasteiger partial charge on any atom is -0.480 e. The van der Waals surface area contributed by atoms with Gasteiger partial charge in [-0.25, -0.2) is 0 Å². The lowest BCUT2D eigenvalue weighted by Crippen LogP contribution is -2.49. The maximum Gasteiger partial charge on any atom is 0.322 e. The number of aliphatic carboxylic acids is 2. The maximum atomic E-state index is 12.0. The SMILES string of the molecule is NC(CCC(=O)N[C@@H](CSSCCS(=O)(=O)O)C(=O)NCC(=O)O)C(=O)O. The van der Waals surface area contributed by atoms with E-state index in [1.165, 1.54) is 0 Å². The van der Waals surface area contributed by atoms with E-state index < -0.39 is 58.3 Å². The van der Waals surface area contributed by atoms with Crippen LogP contribution >= 0.6 is 21.6 Å². The molecule has 12 nitrogen and oxygen atoms in total. The van der Waals surface area contributed by atoms with Crippen LogP contribution in [0.15, 0.2) is 0 Å². The molecule has 0 aromatic rings. The van der Waals surface area contributed by atoms with Crippen molar-refractivity contribution in [2.24, 2.45) is 5.73 Å². The molecular formula is C12H21N3O9S3. The van der Waals surface area contributed by atoms with Crippen LogP contribution in [0.3, 0.4) is 0 Å². The third-order valence-electron chi connectivity index (χ3n) is 2.81. The molecule has 0 aromatic carbocycles.